The van der Waals surface area contributed by atoms with Gasteiger partial charge in [-0.05, 0) is 31.0 Å². The van der Waals surface area contributed by atoms with Gasteiger partial charge in [-0.25, -0.2) is 4.98 Å². The molecule has 2 heterocycles. The molecule has 0 aliphatic carbocycles. The van der Waals surface area contributed by atoms with Crippen molar-refractivity contribution in [3.05, 3.63) is 66.0 Å². The monoisotopic (exact) mass is 376 g/mol. The summed E-state index contributed by atoms with van der Waals surface area (Å²) >= 11 is 0. The Labute approximate surface area is 164 Å². The van der Waals surface area contributed by atoms with Gasteiger partial charge in [0.15, 0.2) is 0 Å². The zero-order chi connectivity index (χ0) is 19.5. The normalized spacial score (nSPS) is 17.8. The maximum absolute atomic E-state index is 12.7. The molecule has 3 aromatic rings. The van der Waals surface area contributed by atoms with Crippen LogP contribution in [0.4, 0.5) is 0 Å². The van der Waals surface area contributed by atoms with Crippen LogP contribution >= 0.6 is 0 Å². The Morgan fingerprint density at radius 3 is 2.75 bits per heavy atom. The second-order valence-corrected chi connectivity index (χ2v) is 7.35. The van der Waals surface area contributed by atoms with E-state index in [4.69, 9.17) is 0 Å². The first-order chi connectivity index (χ1) is 13.6. The zero-order valence-electron chi connectivity index (χ0n) is 15.9. The van der Waals surface area contributed by atoms with Gasteiger partial charge in [-0.1, -0.05) is 42.5 Å². The average Bonchev–Trinajstić information content (AvgIpc) is 3.31. The van der Waals surface area contributed by atoms with E-state index >= 15 is 0 Å². The van der Waals surface area contributed by atoms with Crippen LogP contribution in [0.3, 0.4) is 0 Å². The van der Waals surface area contributed by atoms with Gasteiger partial charge < -0.3 is 15.2 Å². The molecule has 2 N–H and O–H groups in total. The third-order valence-corrected chi connectivity index (χ3v) is 5.28. The number of benzene rings is 2. The van der Waals surface area contributed by atoms with Gasteiger partial charge in [-0.2, -0.15) is 0 Å². The van der Waals surface area contributed by atoms with Gasteiger partial charge >= 0.3 is 0 Å². The van der Waals surface area contributed by atoms with Crippen LogP contribution in [0.25, 0.3) is 11.0 Å². The van der Waals surface area contributed by atoms with Crippen LogP contribution in [0.5, 0.6) is 0 Å². The third-order valence-electron chi connectivity index (χ3n) is 5.28. The quantitative estimate of drug-likeness (QED) is 0.694. The second-order valence-electron chi connectivity index (χ2n) is 7.35. The van der Waals surface area contributed by atoms with E-state index < -0.39 is 0 Å². The minimum atomic E-state index is -0.310. The van der Waals surface area contributed by atoms with Crippen molar-refractivity contribution in [2.45, 2.75) is 25.8 Å². The maximum atomic E-state index is 12.7. The van der Waals surface area contributed by atoms with Crippen molar-refractivity contribution in [3.63, 3.8) is 0 Å². The predicted molar refractivity (Wildman–Crippen MR) is 107 cm³/mol. The molecule has 0 bridgehead atoms. The number of imidazole rings is 1. The molecule has 144 valence electrons. The summed E-state index contributed by atoms with van der Waals surface area (Å²) in [7, 11) is 0. The van der Waals surface area contributed by atoms with Gasteiger partial charge in [-0.3, -0.25) is 9.59 Å². The van der Waals surface area contributed by atoms with E-state index in [0.29, 0.717) is 13.1 Å². The molecule has 4 rings (SSSR count). The van der Waals surface area contributed by atoms with Crippen LogP contribution in [0.2, 0.25) is 0 Å². The third kappa shape index (κ3) is 3.91. The molecule has 1 aliphatic rings. The first-order valence-electron chi connectivity index (χ1n) is 9.67. The Balaban J connectivity index is 1.33. The number of nitrogens with one attached hydrogen (secondary N) is 2. The van der Waals surface area contributed by atoms with Crippen LogP contribution < -0.4 is 5.32 Å². The van der Waals surface area contributed by atoms with E-state index in [0.717, 1.165) is 23.3 Å². The molecule has 6 heteroatoms. The summed E-state index contributed by atoms with van der Waals surface area (Å²) in [5.41, 5.74) is 3.02. The lowest BCUT2D eigenvalue weighted by Gasteiger charge is -2.18. The number of aromatic amines is 1. The molecule has 2 amide bonds. The van der Waals surface area contributed by atoms with Crippen molar-refractivity contribution in [3.8, 4) is 0 Å². The molecule has 2 atom stereocenters. The molecular weight excluding hydrogens is 352 g/mol. The summed E-state index contributed by atoms with van der Waals surface area (Å²) in [5, 5.41) is 3.00. The van der Waals surface area contributed by atoms with Crippen LogP contribution in [0.15, 0.2) is 54.6 Å². The van der Waals surface area contributed by atoms with Gasteiger partial charge in [0.1, 0.15) is 5.82 Å². The lowest BCUT2D eigenvalue weighted by molar-refractivity contribution is -0.129. The van der Waals surface area contributed by atoms with E-state index in [-0.39, 0.29) is 30.2 Å². The summed E-state index contributed by atoms with van der Waals surface area (Å²) in [6, 6.07) is 17.6. The molecule has 2 aromatic carbocycles. The first-order valence-corrected chi connectivity index (χ1v) is 9.67. The van der Waals surface area contributed by atoms with E-state index in [1.54, 1.807) is 4.90 Å². The van der Waals surface area contributed by atoms with Gasteiger partial charge in [0.05, 0.1) is 23.0 Å². The summed E-state index contributed by atoms with van der Waals surface area (Å²) < 4.78 is 0. The smallest absolute Gasteiger partial charge is 0.226 e. The first kappa shape index (κ1) is 18.2. The Kier molecular flexibility index (Phi) is 5.10. The van der Waals surface area contributed by atoms with Crippen molar-refractivity contribution in [2.24, 2.45) is 5.92 Å². The molecule has 1 fully saturated rings. The van der Waals surface area contributed by atoms with Crippen molar-refractivity contribution in [1.29, 1.82) is 0 Å². The van der Waals surface area contributed by atoms with Gasteiger partial charge in [0.2, 0.25) is 11.8 Å². The Morgan fingerprint density at radius 2 is 1.96 bits per heavy atom. The minimum absolute atomic E-state index is 0.0486. The molecule has 0 spiro atoms. The number of H-pyrrole nitrogens is 1. The van der Waals surface area contributed by atoms with E-state index in [1.165, 1.54) is 5.56 Å². The molecule has 1 aromatic heterocycles. The molecular formula is C22H24N4O2. The Hall–Kier alpha value is -3.15. The molecule has 0 unspecified atom stereocenters. The second kappa shape index (κ2) is 7.84. The number of amides is 2. The molecule has 1 saturated heterocycles. The van der Waals surface area contributed by atoms with E-state index in [9.17, 15) is 9.59 Å². The van der Waals surface area contributed by atoms with Crippen molar-refractivity contribution >= 4 is 22.8 Å². The number of para-hydroxylation sites is 2. The van der Waals surface area contributed by atoms with Gasteiger partial charge in [0, 0.05) is 19.5 Å². The highest BCUT2D eigenvalue weighted by atomic mass is 16.2. The van der Waals surface area contributed by atoms with Gasteiger partial charge in [-0.15, -0.1) is 0 Å². The van der Waals surface area contributed by atoms with Crippen molar-refractivity contribution < 1.29 is 9.59 Å². The highest BCUT2D eigenvalue weighted by Crippen LogP contribution is 2.21. The van der Waals surface area contributed by atoms with Crippen molar-refractivity contribution in [2.75, 3.05) is 13.1 Å². The summed E-state index contributed by atoms with van der Waals surface area (Å²) in [5.74, 6) is 0.367. The topological polar surface area (TPSA) is 78.1 Å². The number of aromatic nitrogens is 2. The van der Waals surface area contributed by atoms with E-state index in [2.05, 4.69) is 27.4 Å². The molecule has 0 radical (unpaired) electrons. The summed E-state index contributed by atoms with van der Waals surface area (Å²) in [6.07, 6.45) is 1.07. The van der Waals surface area contributed by atoms with Crippen LogP contribution in [-0.4, -0.2) is 39.8 Å². The number of nitrogens with zero attached hydrogens (tertiary/aromatic N) is 2. The number of fused-ring (bicyclic) bond motifs is 1. The lowest BCUT2D eigenvalue weighted by atomic mass is 10.1. The zero-order valence-corrected chi connectivity index (χ0v) is 15.9. The Morgan fingerprint density at radius 1 is 1.21 bits per heavy atom. The van der Waals surface area contributed by atoms with Crippen LogP contribution in [-0.2, 0) is 16.0 Å². The number of hydrogen-bond acceptors (Lipinski definition) is 3. The number of carbonyl (C=O) groups is 2. The fourth-order valence-corrected chi connectivity index (χ4v) is 3.65. The fraction of sp³-hybridized carbons (Fsp3) is 0.318. The summed E-state index contributed by atoms with van der Waals surface area (Å²) in [6.45, 7) is 3.02. The largest absolute Gasteiger partial charge is 0.346 e. The van der Waals surface area contributed by atoms with Crippen molar-refractivity contribution in [1.82, 2.24) is 20.2 Å². The SMILES string of the molecule is C[C@@H](NC(=O)[C@@H]1CC(=O)N(CCc2ccccc2)C1)c1nc2ccccc2[nH]1. The van der Waals surface area contributed by atoms with Crippen LogP contribution in [0, 0.1) is 5.92 Å². The Bertz CT molecular complexity index is 949. The number of carbonyl (C=O) groups excluding carboxylic acids is 2. The fourth-order valence-electron chi connectivity index (χ4n) is 3.65. The van der Waals surface area contributed by atoms with E-state index in [1.807, 2.05) is 49.4 Å². The molecule has 28 heavy (non-hydrogen) atoms. The number of rotatable bonds is 6. The molecule has 0 saturated carbocycles. The highest BCUT2D eigenvalue weighted by molar-refractivity contribution is 5.89. The standard InChI is InChI=1S/C22H24N4O2/c1-15(21-24-18-9-5-6-10-19(18)25-21)23-22(28)17-13-20(27)26(14-17)12-11-16-7-3-2-4-8-16/h2-10,15,17H,11-14H2,1H3,(H,23,28)(H,24,25)/t15-,17-/m1/s1. The number of likely N-dealkylation sites (tertiary alicyclic amines) is 1. The predicted octanol–water partition coefficient (Wildman–Crippen LogP) is 2.83. The van der Waals surface area contributed by atoms with Gasteiger partial charge in [0.25, 0.3) is 0 Å². The number of hydrogen-bond donors (Lipinski definition) is 2. The maximum Gasteiger partial charge on any atom is 0.226 e. The minimum Gasteiger partial charge on any atom is -0.346 e. The summed E-state index contributed by atoms with van der Waals surface area (Å²) in [4.78, 5) is 34.6. The average molecular weight is 376 g/mol. The van der Waals surface area contributed by atoms with Crippen LogP contribution in [0.1, 0.15) is 30.8 Å². The lowest BCUT2D eigenvalue weighted by Crippen LogP contribution is -2.35. The molecule has 1 aliphatic heterocycles. The highest BCUT2D eigenvalue weighted by Gasteiger charge is 2.34. The molecule has 6 nitrogen and oxygen atoms in total.